The van der Waals surface area contributed by atoms with Gasteiger partial charge in [-0.3, -0.25) is 9.78 Å². The fourth-order valence-corrected chi connectivity index (χ4v) is 4.12. The summed E-state index contributed by atoms with van der Waals surface area (Å²) in [5.41, 5.74) is 5.23. The van der Waals surface area contributed by atoms with E-state index in [1.165, 1.54) is 9.58 Å². The Morgan fingerprint density at radius 1 is 1.22 bits per heavy atom. The Labute approximate surface area is 139 Å². The van der Waals surface area contributed by atoms with Crippen molar-refractivity contribution in [3.05, 3.63) is 63.7 Å². The van der Waals surface area contributed by atoms with Crippen molar-refractivity contribution in [1.29, 1.82) is 0 Å². The molecule has 1 aromatic carbocycles. The normalized spacial score (nSPS) is 13.8. The first kappa shape index (κ1) is 14.4. The molecular weight excluding hydrogens is 304 g/mol. The molecule has 0 radical (unpaired) electrons. The molecule has 4 heteroatoms. The first-order chi connectivity index (χ1) is 11.1. The van der Waals surface area contributed by atoms with Crippen LogP contribution in [0, 0.1) is 13.8 Å². The van der Waals surface area contributed by atoms with Crippen molar-refractivity contribution < 1.29 is 4.79 Å². The van der Waals surface area contributed by atoms with E-state index in [2.05, 4.69) is 31.2 Å². The molecule has 0 spiro atoms. The predicted molar refractivity (Wildman–Crippen MR) is 94.0 cm³/mol. The van der Waals surface area contributed by atoms with E-state index in [0.717, 1.165) is 40.9 Å². The van der Waals surface area contributed by atoms with Crippen molar-refractivity contribution >= 4 is 27.5 Å². The van der Waals surface area contributed by atoms with Crippen LogP contribution in [-0.2, 0) is 13.0 Å². The summed E-state index contributed by atoms with van der Waals surface area (Å²) >= 11 is 1.77. The molecule has 3 nitrogen and oxygen atoms in total. The molecule has 0 saturated carbocycles. The van der Waals surface area contributed by atoms with Gasteiger partial charge in [-0.05, 0) is 43.2 Å². The van der Waals surface area contributed by atoms with Gasteiger partial charge in [-0.2, -0.15) is 0 Å². The summed E-state index contributed by atoms with van der Waals surface area (Å²) < 4.78 is 1.23. The third kappa shape index (κ3) is 2.53. The Morgan fingerprint density at radius 3 is 2.91 bits per heavy atom. The number of benzene rings is 1. The smallest absolute Gasteiger partial charge is 0.254 e. The molecule has 0 fully saturated rings. The van der Waals surface area contributed by atoms with Gasteiger partial charge in [-0.25, -0.2) is 0 Å². The third-order valence-corrected chi connectivity index (χ3v) is 5.42. The molecule has 0 unspecified atom stereocenters. The van der Waals surface area contributed by atoms with Gasteiger partial charge in [0.05, 0.1) is 10.2 Å². The Kier molecular flexibility index (Phi) is 3.42. The van der Waals surface area contributed by atoms with Crippen LogP contribution in [0.2, 0.25) is 0 Å². The minimum atomic E-state index is 0.158. The molecule has 1 aliphatic rings. The topological polar surface area (TPSA) is 33.2 Å². The maximum Gasteiger partial charge on any atom is 0.254 e. The summed E-state index contributed by atoms with van der Waals surface area (Å²) in [7, 11) is 0. The number of fused-ring (bicyclic) bond motifs is 2. The Hall–Kier alpha value is -2.20. The average Bonchev–Trinajstić information content (AvgIpc) is 3.05. The molecule has 1 amide bonds. The first-order valence-corrected chi connectivity index (χ1v) is 8.67. The highest BCUT2D eigenvalue weighted by Gasteiger charge is 2.28. The van der Waals surface area contributed by atoms with E-state index < -0.39 is 0 Å². The van der Waals surface area contributed by atoms with Gasteiger partial charge in [0.25, 0.3) is 5.91 Å². The van der Waals surface area contributed by atoms with Crippen molar-refractivity contribution in [2.75, 3.05) is 6.54 Å². The van der Waals surface area contributed by atoms with Crippen LogP contribution in [0.15, 0.2) is 36.4 Å². The third-order valence-electron chi connectivity index (χ3n) is 4.41. The standard InChI is InChI=1S/C19H18N2OS/c1-12-4-3-5-14-11-21(19(22)18(12)14)9-8-15-6-7-17-16(20-15)10-13(2)23-17/h3-7,10H,8-9,11H2,1-2H3. The number of carbonyl (C=O) groups excluding carboxylic acids is 1. The minimum Gasteiger partial charge on any atom is -0.334 e. The maximum atomic E-state index is 12.6. The van der Waals surface area contributed by atoms with Crippen LogP contribution in [0.1, 0.15) is 32.1 Å². The van der Waals surface area contributed by atoms with Gasteiger partial charge in [-0.15, -0.1) is 11.3 Å². The molecule has 4 rings (SSSR count). The predicted octanol–water partition coefficient (Wildman–Crippen LogP) is 4.11. The van der Waals surface area contributed by atoms with E-state index in [-0.39, 0.29) is 5.91 Å². The molecule has 0 atom stereocenters. The summed E-state index contributed by atoms with van der Waals surface area (Å²) in [5.74, 6) is 0.158. The molecule has 2 aromatic heterocycles. The fraction of sp³-hybridized carbons (Fsp3) is 0.263. The lowest BCUT2D eigenvalue weighted by atomic mass is 10.0. The average molecular weight is 322 g/mol. The Morgan fingerprint density at radius 2 is 2.09 bits per heavy atom. The van der Waals surface area contributed by atoms with E-state index in [9.17, 15) is 4.79 Å². The number of hydrogen-bond acceptors (Lipinski definition) is 3. The van der Waals surface area contributed by atoms with E-state index in [1.807, 2.05) is 24.0 Å². The van der Waals surface area contributed by atoms with Gasteiger partial charge < -0.3 is 4.90 Å². The van der Waals surface area contributed by atoms with Gasteiger partial charge in [0.15, 0.2) is 0 Å². The zero-order valence-electron chi connectivity index (χ0n) is 13.3. The zero-order valence-corrected chi connectivity index (χ0v) is 14.1. The lowest BCUT2D eigenvalue weighted by molar-refractivity contribution is 0.0779. The summed E-state index contributed by atoms with van der Waals surface area (Å²) in [6.07, 6.45) is 0.795. The number of carbonyl (C=O) groups is 1. The number of aryl methyl sites for hydroxylation is 2. The van der Waals surface area contributed by atoms with Gasteiger partial charge >= 0.3 is 0 Å². The highest BCUT2D eigenvalue weighted by atomic mass is 32.1. The lowest BCUT2D eigenvalue weighted by Gasteiger charge is -2.15. The van der Waals surface area contributed by atoms with E-state index >= 15 is 0 Å². The Bertz CT molecular complexity index is 913. The van der Waals surface area contributed by atoms with Crippen LogP contribution >= 0.6 is 11.3 Å². The van der Waals surface area contributed by atoms with Crippen molar-refractivity contribution in [2.45, 2.75) is 26.8 Å². The summed E-state index contributed by atoms with van der Waals surface area (Å²) in [4.78, 5) is 20.5. The van der Waals surface area contributed by atoms with Crippen molar-refractivity contribution in [3.8, 4) is 0 Å². The van der Waals surface area contributed by atoms with Gasteiger partial charge in [0, 0.05) is 35.6 Å². The largest absolute Gasteiger partial charge is 0.334 e. The molecule has 0 aliphatic carbocycles. The fourth-order valence-electron chi connectivity index (χ4n) is 3.26. The summed E-state index contributed by atoms with van der Waals surface area (Å²) in [5, 5.41) is 0. The SMILES string of the molecule is Cc1cc2nc(CCN3Cc4cccc(C)c4C3=O)ccc2s1. The zero-order chi connectivity index (χ0) is 16.0. The monoisotopic (exact) mass is 322 g/mol. The number of rotatable bonds is 3. The van der Waals surface area contributed by atoms with Gasteiger partial charge in [-0.1, -0.05) is 18.2 Å². The quantitative estimate of drug-likeness (QED) is 0.727. The molecule has 0 bridgehead atoms. The van der Waals surface area contributed by atoms with Crippen LogP contribution in [0.25, 0.3) is 10.2 Å². The number of thiophene rings is 1. The second-order valence-corrected chi connectivity index (χ2v) is 7.42. The number of pyridine rings is 1. The Balaban J connectivity index is 1.51. The molecule has 116 valence electrons. The second kappa shape index (κ2) is 5.46. The molecule has 0 N–H and O–H groups in total. The highest BCUT2D eigenvalue weighted by molar-refractivity contribution is 7.18. The minimum absolute atomic E-state index is 0.158. The molecule has 0 saturated heterocycles. The van der Waals surface area contributed by atoms with Crippen LogP contribution < -0.4 is 0 Å². The van der Waals surface area contributed by atoms with Crippen LogP contribution in [0.5, 0.6) is 0 Å². The maximum absolute atomic E-state index is 12.6. The molecule has 3 heterocycles. The number of aromatic nitrogens is 1. The van der Waals surface area contributed by atoms with Gasteiger partial charge in [0.1, 0.15) is 0 Å². The first-order valence-electron chi connectivity index (χ1n) is 7.85. The number of amides is 1. The molecule has 1 aliphatic heterocycles. The van der Waals surface area contributed by atoms with Gasteiger partial charge in [0.2, 0.25) is 0 Å². The number of hydrogen-bond donors (Lipinski definition) is 0. The molecule has 3 aromatic rings. The second-order valence-electron chi connectivity index (χ2n) is 6.13. The van der Waals surface area contributed by atoms with Crippen molar-refractivity contribution in [1.82, 2.24) is 9.88 Å². The summed E-state index contributed by atoms with van der Waals surface area (Å²) in [6, 6.07) is 12.4. The van der Waals surface area contributed by atoms with Crippen LogP contribution in [0.3, 0.4) is 0 Å². The van der Waals surface area contributed by atoms with E-state index in [1.54, 1.807) is 11.3 Å². The molecule has 23 heavy (non-hydrogen) atoms. The van der Waals surface area contributed by atoms with Crippen molar-refractivity contribution in [2.24, 2.45) is 0 Å². The summed E-state index contributed by atoms with van der Waals surface area (Å²) in [6.45, 7) is 5.55. The van der Waals surface area contributed by atoms with Crippen LogP contribution in [0.4, 0.5) is 0 Å². The molecular formula is C19H18N2OS. The highest BCUT2D eigenvalue weighted by Crippen LogP contribution is 2.26. The van der Waals surface area contributed by atoms with E-state index in [4.69, 9.17) is 4.98 Å². The van der Waals surface area contributed by atoms with Crippen molar-refractivity contribution in [3.63, 3.8) is 0 Å². The number of nitrogens with zero attached hydrogens (tertiary/aromatic N) is 2. The van der Waals surface area contributed by atoms with E-state index in [0.29, 0.717) is 6.54 Å². The lowest BCUT2D eigenvalue weighted by Crippen LogP contribution is -2.26. The van der Waals surface area contributed by atoms with Crippen LogP contribution in [-0.4, -0.2) is 22.3 Å².